The minimum absolute atomic E-state index is 0.0271. The number of nitrogens with two attached hydrogens (primary N) is 1. The summed E-state index contributed by atoms with van der Waals surface area (Å²) >= 11 is 0. The average molecular weight is 335 g/mol. The molecule has 0 radical (unpaired) electrons. The molecule has 128 valence electrons. The molecule has 1 saturated heterocycles. The average Bonchev–Trinajstić information content (AvgIpc) is 3.10. The fraction of sp³-hybridized carbons (Fsp3) is 0.300. The molecule has 1 atom stereocenters. The molecule has 1 fully saturated rings. The maximum Gasteiger partial charge on any atom is 0.248 e. The van der Waals surface area contributed by atoms with Crippen molar-refractivity contribution in [1.82, 2.24) is 0 Å². The van der Waals surface area contributed by atoms with E-state index in [1.165, 1.54) is 5.56 Å². The van der Waals surface area contributed by atoms with E-state index in [4.69, 9.17) is 5.73 Å². The van der Waals surface area contributed by atoms with Crippen LogP contribution in [0.2, 0.25) is 0 Å². The minimum Gasteiger partial charge on any atom is -0.370 e. The maximum absolute atomic E-state index is 12.8. The van der Waals surface area contributed by atoms with Gasteiger partial charge in [-0.05, 0) is 48.6 Å². The topological polar surface area (TPSA) is 75.4 Å². The predicted molar refractivity (Wildman–Crippen MR) is 97.9 cm³/mol. The second kappa shape index (κ2) is 6.24. The fourth-order valence-corrected chi connectivity index (χ4v) is 3.74. The number of benzene rings is 2. The third-order valence-electron chi connectivity index (χ3n) is 5.16. The number of rotatable bonds is 4. The number of nitrogens with zero attached hydrogens (tertiary/aromatic N) is 1. The van der Waals surface area contributed by atoms with Crippen LogP contribution < -0.4 is 16.0 Å². The zero-order chi connectivity index (χ0) is 17.4. The number of carbonyl (C=O) groups excluding carboxylic acids is 2. The van der Waals surface area contributed by atoms with E-state index in [9.17, 15) is 9.59 Å². The van der Waals surface area contributed by atoms with E-state index >= 15 is 0 Å². The van der Waals surface area contributed by atoms with Gasteiger partial charge in [0.05, 0.1) is 17.3 Å². The standard InChI is InChI=1S/C20H21N3O2/c21-19(24)14-7-8-18(23-9-3-4-10-23)17(12-14)22-20(25)16-11-13-5-1-2-6-15(13)16/h1-2,5-8,12,16H,3-4,9-11H2,(H2,21,24)(H,22,25). The van der Waals surface area contributed by atoms with Crippen LogP contribution in [-0.2, 0) is 11.2 Å². The monoisotopic (exact) mass is 335 g/mol. The summed E-state index contributed by atoms with van der Waals surface area (Å²) in [6.07, 6.45) is 3.04. The van der Waals surface area contributed by atoms with Crippen molar-refractivity contribution in [3.05, 3.63) is 59.2 Å². The summed E-state index contributed by atoms with van der Waals surface area (Å²) in [6, 6.07) is 13.3. The number of carbonyl (C=O) groups is 2. The zero-order valence-corrected chi connectivity index (χ0v) is 14.0. The van der Waals surface area contributed by atoms with Crippen LogP contribution in [0.5, 0.6) is 0 Å². The van der Waals surface area contributed by atoms with Crippen LogP contribution in [0.3, 0.4) is 0 Å². The molecule has 4 rings (SSSR count). The molecule has 5 heteroatoms. The Labute approximate surface area is 146 Å². The van der Waals surface area contributed by atoms with Crippen LogP contribution in [0.25, 0.3) is 0 Å². The van der Waals surface area contributed by atoms with E-state index in [-0.39, 0.29) is 11.8 Å². The lowest BCUT2D eigenvalue weighted by molar-refractivity contribution is -0.118. The predicted octanol–water partition coefficient (Wildman–Crippen LogP) is 2.66. The van der Waals surface area contributed by atoms with Gasteiger partial charge in [0.15, 0.2) is 0 Å². The van der Waals surface area contributed by atoms with E-state index < -0.39 is 5.91 Å². The van der Waals surface area contributed by atoms with Gasteiger partial charge in [-0.15, -0.1) is 0 Å². The van der Waals surface area contributed by atoms with Crippen LogP contribution >= 0.6 is 0 Å². The van der Waals surface area contributed by atoms with Crippen molar-refractivity contribution in [2.24, 2.45) is 5.73 Å². The molecule has 2 aromatic carbocycles. The molecule has 1 aliphatic heterocycles. The Bertz CT molecular complexity index is 841. The molecule has 0 bridgehead atoms. The second-order valence-corrected chi connectivity index (χ2v) is 6.74. The quantitative estimate of drug-likeness (QED) is 0.902. The Morgan fingerprint density at radius 1 is 1.08 bits per heavy atom. The number of nitrogens with one attached hydrogen (secondary N) is 1. The molecule has 1 unspecified atom stereocenters. The number of primary amides is 1. The summed E-state index contributed by atoms with van der Waals surface area (Å²) in [5.74, 6) is -0.641. The summed E-state index contributed by atoms with van der Waals surface area (Å²) < 4.78 is 0. The lowest BCUT2D eigenvalue weighted by Crippen LogP contribution is -2.31. The SMILES string of the molecule is NC(=O)c1ccc(N2CCCC2)c(NC(=O)C2Cc3ccccc32)c1. The highest BCUT2D eigenvalue weighted by Crippen LogP contribution is 2.37. The molecule has 0 spiro atoms. The van der Waals surface area contributed by atoms with Gasteiger partial charge >= 0.3 is 0 Å². The molecule has 2 aliphatic rings. The second-order valence-electron chi connectivity index (χ2n) is 6.74. The third kappa shape index (κ3) is 2.86. The Morgan fingerprint density at radius 3 is 2.56 bits per heavy atom. The molecule has 1 aliphatic carbocycles. The highest BCUT2D eigenvalue weighted by Gasteiger charge is 2.32. The van der Waals surface area contributed by atoms with Gasteiger partial charge in [-0.2, -0.15) is 0 Å². The first-order valence-corrected chi connectivity index (χ1v) is 8.71. The van der Waals surface area contributed by atoms with Crippen molar-refractivity contribution in [3.8, 4) is 0 Å². The Kier molecular flexibility index (Phi) is 3.92. The summed E-state index contributed by atoms with van der Waals surface area (Å²) in [4.78, 5) is 26.5. The number of amides is 2. The molecule has 0 aromatic heterocycles. The van der Waals surface area contributed by atoms with Gasteiger partial charge in [-0.3, -0.25) is 9.59 Å². The molecule has 2 amide bonds. The Hall–Kier alpha value is -2.82. The van der Waals surface area contributed by atoms with Crippen molar-refractivity contribution >= 4 is 23.2 Å². The van der Waals surface area contributed by atoms with E-state index in [0.29, 0.717) is 11.3 Å². The smallest absolute Gasteiger partial charge is 0.248 e. The van der Waals surface area contributed by atoms with Gasteiger partial charge in [0, 0.05) is 18.7 Å². The Balaban J connectivity index is 1.61. The van der Waals surface area contributed by atoms with E-state index in [0.717, 1.165) is 43.6 Å². The van der Waals surface area contributed by atoms with Crippen LogP contribution in [0.1, 0.15) is 40.2 Å². The Morgan fingerprint density at radius 2 is 1.84 bits per heavy atom. The van der Waals surface area contributed by atoms with Crippen LogP contribution in [0.15, 0.2) is 42.5 Å². The third-order valence-corrected chi connectivity index (χ3v) is 5.16. The molecule has 1 heterocycles. The van der Waals surface area contributed by atoms with Crippen molar-refractivity contribution in [3.63, 3.8) is 0 Å². The lowest BCUT2D eigenvalue weighted by Gasteiger charge is -2.30. The zero-order valence-electron chi connectivity index (χ0n) is 14.0. The van der Waals surface area contributed by atoms with Crippen molar-refractivity contribution in [1.29, 1.82) is 0 Å². The summed E-state index contributed by atoms with van der Waals surface area (Å²) in [5.41, 5.74) is 9.78. The van der Waals surface area contributed by atoms with Gasteiger partial charge in [-0.25, -0.2) is 0 Å². The number of anilines is 2. The van der Waals surface area contributed by atoms with Gasteiger partial charge in [0.1, 0.15) is 0 Å². The highest BCUT2D eigenvalue weighted by molar-refractivity contribution is 6.02. The minimum atomic E-state index is -0.488. The maximum atomic E-state index is 12.8. The van der Waals surface area contributed by atoms with Gasteiger partial charge in [0.25, 0.3) is 0 Å². The first-order valence-electron chi connectivity index (χ1n) is 8.71. The summed E-state index contributed by atoms with van der Waals surface area (Å²) in [5, 5.41) is 3.04. The summed E-state index contributed by atoms with van der Waals surface area (Å²) in [6.45, 7) is 1.93. The normalized spacial score (nSPS) is 18.4. The highest BCUT2D eigenvalue weighted by atomic mass is 16.2. The van der Waals surface area contributed by atoms with Crippen molar-refractivity contribution in [2.75, 3.05) is 23.3 Å². The first-order chi connectivity index (χ1) is 12.1. The molecule has 3 N–H and O–H groups in total. The molecule has 25 heavy (non-hydrogen) atoms. The fourth-order valence-electron chi connectivity index (χ4n) is 3.74. The largest absolute Gasteiger partial charge is 0.370 e. The van der Waals surface area contributed by atoms with Crippen molar-refractivity contribution < 1.29 is 9.59 Å². The van der Waals surface area contributed by atoms with Crippen LogP contribution in [0.4, 0.5) is 11.4 Å². The van der Waals surface area contributed by atoms with E-state index in [1.54, 1.807) is 12.1 Å². The van der Waals surface area contributed by atoms with E-state index in [2.05, 4.69) is 16.3 Å². The lowest BCUT2D eigenvalue weighted by atomic mass is 9.77. The molecule has 5 nitrogen and oxygen atoms in total. The summed E-state index contributed by atoms with van der Waals surface area (Å²) in [7, 11) is 0. The van der Waals surface area contributed by atoms with Gasteiger partial charge in [0.2, 0.25) is 11.8 Å². The number of hydrogen-bond acceptors (Lipinski definition) is 3. The van der Waals surface area contributed by atoms with Crippen LogP contribution in [-0.4, -0.2) is 24.9 Å². The van der Waals surface area contributed by atoms with Gasteiger partial charge in [-0.1, -0.05) is 24.3 Å². The molecular weight excluding hydrogens is 314 g/mol. The number of fused-ring (bicyclic) bond motifs is 1. The molecular formula is C20H21N3O2. The van der Waals surface area contributed by atoms with Crippen LogP contribution in [0, 0.1) is 0 Å². The molecule has 2 aromatic rings. The number of hydrogen-bond donors (Lipinski definition) is 2. The van der Waals surface area contributed by atoms with Crippen molar-refractivity contribution in [2.45, 2.75) is 25.2 Å². The van der Waals surface area contributed by atoms with E-state index in [1.807, 2.05) is 24.3 Å². The first kappa shape index (κ1) is 15.7. The van der Waals surface area contributed by atoms with Gasteiger partial charge < -0.3 is 16.0 Å². The molecule has 0 saturated carbocycles.